The first kappa shape index (κ1) is 11.7. The van der Waals surface area contributed by atoms with Gasteiger partial charge in [-0.05, 0) is 57.5 Å². The molecule has 0 spiro atoms. The Kier molecular flexibility index (Phi) is 4.43. The van der Waals surface area contributed by atoms with Crippen LogP contribution in [0.4, 0.5) is 0 Å². The highest BCUT2D eigenvalue weighted by Gasteiger charge is 2.13. The van der Waals surface area contributed by atoms with Crippen LogP contribution in [0.1, 0.15) is 24.4 Å². The molecular weight excluding hydrogens is 200 g/mol. The third kappa shape index (κ3) is 3.65. The molecule has 0 saturated carbocycles. The first-order valence-corrected chi connectivity index (χ1v) is 6.31. The maximum absolute atomic E-state index is 5.51. The average Bonchev–Trinajstić information content (AvgIpc) is 2.89. The number of rotatable bonds is 6. The first-order valence-electron chi connectivity index (χ1n) is 6.31. The van der Waals surface area contributed by atoms with Gasteiger partial charge in [-0.1, -0.05) is 0 Å². The highest BCUT2D eigenvalue weighted by molar-refractivity contribution is 5.05. The molecule has 1 aliphatic rings. The molecule has 0 bridgehead atoms. The minimum absolute atomic E-state index is 0.887. The maximum atomic E-state index is 5.51. The molecule has 0 aliphatic carbocycles. The van der Waals surface area contributed by atoms with Gasteiger partial charge in [-0.15, -0.1) is 0 Å². The molecule has 1 atom stereocenters. The van der Waals surface area contributed by atoms with Crippen molar-refractivity contribution >= 4 is 0 Å². The molecule has 0 amide bonds. The van der Waals surface area contributed by atoms with E-state index in [9.17, 15) is 0 Å². The topological polar surface area (TPSA) is 37.2 Å². The van der Waals surface area contributed by atoms with Crippen LogP contribution in [-0.2, 0) is 6.42 Å². The molecule has 2 heterocycles. The van der Waals surface area contributed by atoms with Crippen LogP contribution < -0.4 is 10.6 Å². The lowest BCUT2D eigenvalue weighted by molar-refractivity contribution is 0.464. The zero-order chi connectivity index (χ0) is 11.2. The lowest BCUT2D eigenvalue weighted by atomic mass is 10.1. The molecule has 2 N–H and O–H groups in total. The smallest absolute Gasteiger partial charge is 0.105 e. The van der Waals surface area contributed by atoms with Crippen molar-refractivity contribution in [1.29, 1.82) is 0 Å². The van der Waals surface area contributed by atoms with Gasteiger partial charge in [0.25, 0.3) is 0 Å². The molecule has 3 nitrogen and oxygen atoms in total. The second-order valence-corrected chi connectivity index (χ2v) is 4.66. The molecule has 3 heteroatoms. The van der Waals surface area contributed by atoms with Crippen molar-refractivity contribution in [2.75, 3.05) is 26.2 Å². The van der Waals surface area contributed by atoms with Crippen LogP contribution in [-0.4, -0.2) is 26.2 Å². The summed E-state index contributed by atoms with van der Waals surface area (Å²) in [6.45, 7) is 6.55. The lowest BCUT2D eigenvalue weighted by Crippen LogP contribution is -2.21. The molecule has 1 saturated heterocycles. The summed E-state index contributed by atoms with van der Waals surface area (Å²) in [5.74, 6) is 2.98. The van der Waals surface area contributed by atoms with Gasteiger partial charge in [0.2, 0.25) is 0 Å². The van der Waals surface area contributed by atoms with Crippen molar-refractivity contribution in [3.05, 3.63) is 23.7 Å². The van der Waals surface area contributed by atoms with E-state index in [1.807, 2.05) is 13.0 Å². The SMILES string of the molecule is Cc1ccc(CCNCCC2CCNC2)o1. The zero-order valence-electron chi connectivity index (χ0n) is 10.1. The summed E-state index contributed by atoms with van der Waals surface area (Å²) >= 11 is 0. The van der Waals surface area contributed by atoms with Crippen LogP contribution in [0.5, 0.6) is 0 Å². The standard InChI is InChI=1S/C13H22N2O/c1-11-2-3-13(16-11)6-9-14-7-4-12-5-8-15-10-12/h2-3,12,14-15H,4-10H2,1H3. The molecule has 2 rings (SSSR count). The fraction of sp³-hybridized carbons (Fsp3) is 0.692. The number of nitrogens with one attached hydrogen (secondary N) is 2. The second-order valence-electron chi connectivity index (χ2n) is 4.66. The molecule has 0 radical (unpaired) electrons. The highest BCUT2D eigenvalue weighted by Crippen LogP contribution is 2.10. The Balaban J connectivity index is 1.51. The van der Waals surface area contributed by atoms with Crippen LogP contribution in [0.15, 0.2) is 16.5 Å². The fourth-order valence-corrected chi connectivity index (χ4v) is 2.22. The van der Waals surface area contributed by atoms with Gasteiger partial charge in [-0.2, -0.15) is 0 Å². The van der Waals surface area contributed by atoms with Crippen LogP contribution in [0.25, 0.3) is 0 Å². The van der Waals surface area contributed by atoms with E-state index in [1.54, 1.807) is 0 Å². The van der Waals surface area contributed by atoms with Gasteiger partial charge >= 0.3 is 0 Å². The Hall–Kier alpha value is -0.800. The number of furan rings is 1. The van der Waals surface area contributed by atoms with Crippen molar-refractivity contribution < 1.29 is 4.42 Å². The molecule has 1 aliphatic heterocycles. The van der Waals surface area contributed by atoms with E-state index in [4.69, 9.17) is 4.42 Å². The van der Waals surface area contributed by atoms with Crippen molar-refractivity contribution in [3.8, 4) is 0 Å². The van der Waals surface area contributed by atoms with E-state index < -0.39 is 0 Å². The monoisotopic (exact) mass is 222 g/mol. The summed E-state index contributed by atoms with van der Waals surface area (Å²) in [6.07, 6.45) is 3.64. The average molecular weight is 222 g/mol. The predicted molar refractivity (Wildman–Crippen MR) is 65.6 cm³/mol. The Morgan fingerprint density at radius 2 is 2.38 bits per heavy atom. The quantitative estimate of drug-likeness (QED) is 0.720. The Morgan fingerprint density at radius 3 is 3.06 bits per heavy atom. The molecule has 1 fully saturated rings. The van der Waals surface area contributed by atoms with E-state index in [-0.39, 0.29) is 0 Å². The van der Waals surface area contributed by atoms with Crippen LogP contribution in [0.2, 0.25) is 0 Å². The van der Waals surface area contributed by atoms with Crippen LogP contribution >= 0.6 is 0 Å². The van der Waals surface area contributed by atoms with Gasteiger partial charge in [0.05, 0.1) is 0 Å². The largest absolute Gasteiger partial charge is 0.466 e. The summed E-state index contributed by atoms with van der Waals surface area (Å²) in [4.78, 5) is 0. The summed E-state index contributed by atoms with van der Waals surface area (Å²) in [6, 6.07) is 4.09. The molecule has 1 aromatic rings. The van der Waals surface area contributed by atoms with Gasteiger partial charge in [0.1, 0.15) is 11.5 Å². The first-order chi connectivity index (χ1) is 7.84. The third-order valence-corrected chi connectivity index (χ3v) is 3.24. The van der Waals surface area contributed by atoms with Gasteiger partial charge in [-0.25, -0.2) is 0 Å². The van der Waals surface area contributed by atoms with Crippen molar-refractivity contribution in [1.82, 2.24) is 10.6 Å². The molecule has 1 aromatic heterocycles. The molecule has 1 unspecified atom stereocenters. The molecule has 16 heavy (non-hydrogen) atoms. The number of hydrogen-bond donors (Lipinski definition) is 2. The molecule has 0 aromatic carbocycles. The normalized spacial score (nSPS) is 20.4. The van der Waals surface area contributed by atoms with E-state index in [2.05, 4.69) is 16.7 Å². The Labute approximate surface area is 97.6 Å². The fourth-order valence-electron chi connectivity index (χ4n) is 2.22. The number of hydrogen-bond acceptors (Lipinski definition) is 3. The summed E-state index contributed by atoms with van der Waals surface area (Å²) in [5.41, 5.74) is 0. The van der Waals surface area contributed by atoms with Gasteiger partial charge in [0, 0.05) is 13.0 Å². The Bertz CT molecular complexity index is 303. The summed E-state index contributed by atoms with van der Waals surface area (Å²) in [5, 5.41) is 6.88. The number of aryl methyl sites for hydroxylation is 1. The minimum atomic E-state index is 0.887. The van der Waals surface area contributed by atoms with E-state index in [1.165, 1.54) is 25.9 Å². The van der Waals surface area contributed by atoms with Gasteiger partial charge < -0.3 is 15.1 Å². The zero-order valence-corrected chi connectivity index (χ0v) is 10.1. The van der Waals surface area contributed by atoms with Crippen molar-refractivity contribution in [2.45, 2.75) is 26.2 Å². The molecule has 90 valence electrons. The lowest BCUT2D eigenvalue weighted by Gasteiger charge is -2.08. The van der Waals surface area contributed by atoms with Crippen molar-refractivity contribution in [3.63, 3.8) is 0 Å². The van der Waals surface area contributed by atoms with Crippen LogP contribution in [0, 0.1) is 12.8 Å². The summed E-state index contributed by atoms with van der Waals surface area (Å²) < 4.78 is 5.51. The van der Waals surface area contributed by atoms with E-state index in [0.29, 0.717) is 0 Å². The van der Waals surface area contributed by atoms with E-state index >= 15 is 0 Å². The van der Waals surface area contributed by atoms with Gasteiger partial charge in [0.15, 0.2) is 0 Å². The maximum Gasteiger partial charge on any atom is 0.105 e. The van der Waals surface area contributed by atoms with E-state index in [0.717, 1.165) is 36.9 Å². The molecular formula is C13H22N2O. The third-order valence-electron chi connectivity index (χ3n) is 3.24. The summed E-state index contributed by atoms with van der Waals surface area (Å²) in [7, 11) is 0. The predicted octanol–water partition coefficient (Wildman–Crippen LogP) is 1.72. The van der Waals surface area contributed by atoms with Crippen molar-refractivity contribution in [2.24, 2.45) is 5.92 Å². The van der Waals surface area contributed by atoms with Crippen LogP contribution in [0.3, 0.4) is 0 Å². The minimum Gasteiger partial charge on any atom is -0.466 e. The Morgan fingerprint density at radius 1 is 1.44 bits per heavy atom. The second kappa shape index (κ2) is 6.06. The highest BCUT2D eigenvalue weighted by atomic mass is 16.3. The van der Waals surface area contributed by atoms with Gasteiger partial charge in [-0.3, -0.25) is 0 Å².